The SMILES string of the molecule is CCCCC/C=C/C/C=C/CCCCCCCCCC(=O)O[C@H](COC(=O)CCCCCCCCCCCCCCC)COP(=O)(O)OC[C@H](N)C(=O)O. The third-order valence-corrected chi connectivity index (χ3v) is 10.2. The molecule has 0 aliphatic heterocycles. The molecule has 0 aliphatic carbocycles. The van der Waals surface area contributed by atoms with Gasteiger partial charge in [-0.05, 0) is 44.9 Å². The fraction of sp³-hybridized carbons (Fsp3) is 0.833. The number of allylic oxidation sites excluding steroid dienone is 4. The molecule has 316 valence electrons. The number of hydrogen-bond acceptors (Lipinski definition) is 9. The van der Waals surface area contributed by atoms with Crippen molar-refractivity contribution < 1.29 is 47.5 Å². The maximum absolute atomic E-state index is 12.6. The second kappa shape index (κ2) is 37.9. The maximum Gasteiger partial charge on any atom is 0.472 e. The van der Waals surface area contributed by atoms with Crippen molar-refractivity contribution in [3.05, 3.63) is 24.3 Å². The molecule has 12 heteroatoms. The van der Waals surface area contributed by atoms with Gasteiger partial charge in [0.1, 0.15) is 12.6 Å². The largest absolute Gasteiger partial charge is 0.480 e. The summed E-state index contributed by atoms with van der Waals surface area (Å²) in [6, 6.07) is -1.52. The van der Waals surface area contributed by atoms with E-state index in [1.54, 1.807) is 0 Å². The van der Waals surface area contributed by atoms with Crippen LogP contribution in [0.1, 0.15) is 194 Å². The van der Waals surface area contributed by atoms with E-state index in [0.29, 0.717) is 12.8 Å². The Balaban J connectivity index is 4.37. The highest BCUT2D eigenvalue weighted by Crippen LogP contribution is 2.43. The van der Waals surface area contributed by atoms with Crippen LogP contribution in [-0.4, -0.2) is 59.9 Å². The number of carbonyl (C=O) groups is 3. The van der Waals surface area contributed by atoms with Gasteiger partial charge in [-0.15, -0.1) is 0 Å². The maximum atomic E-state index is 12.6. The van der Waals surface area contributed by atoms with Gasteiger partial charge >= 0.3 is 25.7 Å². The zero-order chi connectivity index (χ0) is 40.0. The number of carbonyl (C=O) groups excluding carboxylic acids is 2. The van der Waals surface area contributed by atoms with E-state index in [-0.39, 0.29) is 19.4 Å². The van der Waals surface area contributed by atoms with E-state index in [1.807, 2.05) is 0 Å². The second-order valence-electron chi connectivity index (χ2n) is 14.5. The highest BCUT2D eigenvalue weighted by Gasteiger charge is 2.28. The molecule has 54 heavy (non-hydrogen) atoms. The summed E-state index contributed by atoms with van der Waals surface area (Å²) < 4.78 is 32.7. The summed E-state index contributed by atoms with van der Waals surface area (Å²) in [5.74, 6) is -2.38. The van der Waals surface area contributed by atoms with Crippen molar-refractivity contribution in [2.75, 3.05) is 19.8 Å². The van der Waals surface area contributed by atoms with Gasteiger partial charge in [0, 0.05) is 12.8 Å². The molecule has 3 atom stereocenters. The minimum absolute atomic E-state index is 0.155. The molecule has 11 nitrogen and oxygen atoms in total. The lowest BCUT2D eigenvalue weighted by molar-refractivity contribution is -0.161. The first-order valence-corrected chi connectivity index (χ1v) is 22.9. The first-order valence-electron chi connectivity index (χ1n) is 21.4. The standard InChI is InChI=1S/C42H78NO10P/c1-3-5-7-9-11-13-15-17-18-19-20-22-24-26-28-30-32-34-41(45)53-38(36-51-54(48,49)52-37-39(43)42(46)47)35-50-40(44)33-31-29-27-25-23-21-16-14-12-10-8-6-4-2/h11,13,17-18,38-39H,3-10,12,14-16,19-37,43H2,1-2H3,(H,46,47)(H,48,49)/b13-11+,18-17+/t38-,39+/m1/s1. The number of phosphoric ester groups is 1. The third-order valence-electron chi connectivity index (χ3n) is 9.20. The van der Waals surface area contributed by atoms with Crippen LogP contribution in [0.5, 0.6) is 0 Å². The van der Waals surface area contributed by atoms with Crippen LogP contribution in [0, 0.1) is 0 Å². The lowest BCUT2D eigenvalue weighted by atomic mass is 10.0. The summed E-state index contributed by atoms with van der Waals surface area (Å²) in [5.41, 5.74) is 5.33. The first-order chi connectivity index (χ1) is 26.1. The van der Waals surface area contributed by atoms with Gasteiger partial charge < -0.3 is 25.2 Å². The van der Waals surface area contributed by atoms with Crippen molar-refractivity contribution in [2.24, 2.45) is 5.73 Å². The molecule has 0 aromatic carbocycles. The van der Waals surface area contributed by atoms with Crippen LogP contribution in [0.3, 0.4) is 0 Å². The quantitative estimate of drug-likeness (QED) is 0.0233. The average Bonchev–Trinajstić information content (AvgIpc) is 3.14. The van der Waals surface area contributed by atoms with Gasteiger partial charge in [0.25, 0.3) is 0 Å². The lowest BCUT2D eigenvalue weighted by Gasteiger charge is -2.20. The first kappa shape index (κ1) is 52.0. The number of nitrogens with two attached hydrogens (primary N) is 1. The molecular formula is C42H78NO10P. The van der Waals surface area contributed by atoms with Gasteiger partial charge in [0.2, 0.25) is 0 Å². The van der Waals surface area contributed by atoms with E-state index < -0.39 is 51.1 Å². The topological polar surface area (TPSA) is 172 Å². The zero-order valence-corrected chi connectivity index (χ0v) is 35.0. The van der Waals surface area contributed by atoms with Crippen molar-refractivity contribution in [3.63, 3.8) is 0 Å². The van der Waals surface area contributed by atoms with Crippen LogP contribution in [0.25, 0.3) is 0 Å². The second-order valence-corrected chi connectivity index (χ2v) is 15.9. The predicted molar refractivity (Wildman–Crippen MR) is 217 cm³/mol. The van der Waals surface area contributed by atoms with Crippen LogP contribution in [0.15, 0.2) is 24.3 Å². The Morgan fingerprint density at radius 1 is 0.574 bits per heavy atom. The van der Waals surface area contributed by atoms with Crippen molar-refractivity contribution in [2.45, 2.75) is 206 Å². The highest BCUT2D eigenvalue weighted by molar-refractivity contribution is 7.47. The molecule has 0 saturated heterocycles. The van der Waals surface area contributed by atoms with Crippen LogP contribution >= 0.6 is 7.82 Å². The molecule has 4 N–H and O–H groups in total. The van der Waals surface area contributed by atoms with Crippen molar-refractivity contribution in [1.29, 1.82) is 0 Å². The molecule has 0 bridgehead atoms. The van der Waals surface area contributed by atoms with Crippen LogP contribution in [-0.2, 0) is 37.5 Å². The number of ether oxygens (including phenoxy) is 2. The fourth-order valence-corrected chi connectivity index (χ4v) is 6.58. The fourth-order valence-electron chi connectivity index (χ4n) is 5.80. The molecule has 0 spiro atoms. The molecular weight excluding hydrogens is 709 g/mol. The molecule has 0 aromatic rings. The lowest BCUT2D eigenvalue weighted by Crippen LogP contribution is -2.34. The Bertz CT molecular complexity index is 1020. The van der Waals surface area contributed by atoms with E-state index in [2.05, 4.69) is 42.7 Å². The molecule has 0 radical (unpaired) electrons. The normalized spacial score (nSPS) is 14.0. The van der Waals surface area contributed by atoms with Gasteiger partial charge in [-0.25, -0.2) is 4.57 Å². The number of carboxylic acids is 1. The number of aliphatic carboxylic acids is 1. The van der Waals surface area contributed by atoms with E-state index >= 15 is 0 Å². The molecule has 1 unspecified atom stereocenters. The van der Waals surface area contributed by atoms with Gasteiger partial charge in [0.05, 0.1) is 13.2 Å². The molecule has 0 heterocycles. The number of rotatable bonds is 40. The highest BCUT2D eigenvalue weighted by atomic mass is 31.2. The van der Waals surface area contributed by atoms with Crippen molar-refractivity contribution in [3.8, 4) is 0 Å². The Hall–Kier alpha value is -2.04. The van der Waals surface area contributed by atoms with E-state index in [0.717, 1.165) is 57.8 Å². The number of unbranched alkanes of at least 4 members (excludes halogenated alkanes) is 22. The summed E-state index contributed by atoms with van der Waals surface area (Å²) in [6.45, 7) is 2.77. The van der Waals surface area contributed by atoms with E-state index in [4.69, 9.17) is 24.8 Å². The number of hydrogen-bond donors (Lipinski definition) is 3. The van der Waals surface area contributed by atoms with E-state index in [9.17, 15) is 23.8 Å². The van der Waals surface area contributed by atoms with Crippen LogP contribution in [0.2, 0.25) is 0 Å². The average molecular weight is 788 g/mol. The Labute approximate surface area is 328 Å². The molecule has 0 saturated carbocycles. The van der Waals surface area contributed by atoms with Crippen LogP contribution in [0.4, 0.5) is 0 Å². The predicted octanol–water partition coefficient (Wildman–Crippen LogP) is 11.1. The van der Waals surface area contributed by atoms with Gasteiger partial charge in [-0.2, -0.15) is 0 Å². The molecule has 0 aromatic heterocycles. The summed E-state index contributed by atoms with van der Waals surface area (Å²) in [4.78, 5) is 45.9. The summed E-state index contributed by atoms with van der Waals surface area (Å²) >= 11 is 0. The monoisotopic (exact) mass is 788 g/mol. The Morgan fingerprint density at radius 2 is 0.981 bits per heavy atom. The number of phosphoric acid groups is 1. The number of esters is 2. The molecule has 0 amide bonds. The molecule has 0 rings (SSSR count). The van der Waals surface area contributed by atoms with Crippen LogP contribution < -0.4 is 5.73 Å². The third kappa shape index (κ3) is 36.9. The Morgan fingerprint density at radius 3 is 1.48 bits per heavy atom. The molecule has 0 fully saturated rings. The van der Waals surface area contributed by atoms with Gasteiger partial charge in [-0.1, -0.05) is 160 Å². The summed E-state index contributed by atoms with van der Waals surface area (Å²) in [7, 11) is -4.71. The summed E-state index contributed by atoms with van der Waals surface area (Å²) in [6.07, 6.45) is 38.1. The van der Waals surface area contributed by atoms with Crippen molar-refractivity contribution in [1.82, 2.24) is 0 Å². The smallest absolute Gasteiger partial charge is 0.472 e. The number of carboxylic acid groups (broad SMARTS) is 1. The molecule has 0 aliphatic rings. The van der Waals surface area contributed by atoms with Crippen molar-refractivity contribution >= 4 is 25.7 Å². The minimum atomic E-state index is -4.71. The zero-order valence-electron chi connectivity index (χ0n) is 34.1. The van der Waals surface area contributed by atoms with Gasteiger partial charge in [-0.3, -0.25) is 23.4 Å². The summed E-state index contributed by atoms with van der Waals surface area (Å²) in [5, 5.41) is 8.88. The minimum Gasteiger partial charge on any atom is -0.480 e. The van der Waals surface area contributed by atoms with Gasteiger partial charge in [0.15, 0.2) is 6.10 Å². The van der Waals surface area contributed by atoms with E-state index in [1.165, 1.54) is 96.3 Å². The Kier molecular flexibility index (Phi) is 36.4.